The van der Waals surface area contributed by atoms with E-state index in [1.54, 1.807) is 12.2 Å². The maximum Gasteiger partial charge on any atom is 0.137 e. The maximum absolute atomic E-state index is 9.60. The second-order valence-corrected chi connectivity index (χ2v) is 4.72. The van der Waals surface area contributed by atoms with E-state index in [9.17, 15) is 5.26 Å². The summed E-state index contributed by atoms with van der Waals surface area (Å²) in [5.74, 6) is 0. The first-order valence-corrected chi connectivity index (χ1v) is 7.24. The highest BCUT2D eigenvalue weighted by atomic mass is 15.0. The molecule has 3 heteroatoms. The fourth-order valence-electron chi connectivity index (χ4n) is 2.37. The van der Waals surface area contributed by atoms with E-state index in [1.165, 1.54) is 0 Å². The summed E-state index contributed by atoms with van der Waals surface area (Å²) in [5.41, 5.74) is 2.32. The Balaban J connectivity index is 0.00000106. The lowest BCUT2D eigenvalue weighted by Crippen LogP contribution is -2.22. The van der Waals surface area contributed by atoms with Gasteiger partial charge in [-0.25, -0.2) is 4.98 Å². The summed E-state index contributed by atoms with van der Waals surface area (Å²) in [6, 6.07) is 6.39. The van der Waals surface area contributed by atoms with Gasteiger partial charge < -0.3 is 4.40 Å². The van der Waals surface area contributed by atoms with Crippen LogP contribution in [0.2, 0.25) is 0 Å². The number of fused-ring (bicyclic) bond motifs is 1. The fourth-order valence-corrected chi connectivity index (χ4v) is 2.37. The molecule has 0 saturated carbocycles. The highest BCUT2D eigenvalue weighted by molar-refractivity contribution is 5.47. The molecule has 2 heterocycles. The van der Waals surface area contributed by atoms with Gasteiger partial charge in [0.15, 0.2) is 0 Å². The highest BCUT2D eigenvalue weighted by Gasteiger charge is 2.30. The molecule has 0 aliphatic rings. The Labute approximate surface area is 127 Å². The number of nitriles is 1. The quantitative estimate of drug-likeness (QED) is 0.752. The first kappa shape index (κ1) is 16.7. The van der Waals surface area contributed by atoms with Crippen LogP contribution in [0.4, 0.5) is 0 Å². The van der Waals surface area contributed by atoms with Crippen molar-refractivity contribution in [2.45, 2.75) is 39.0 Å². The summed E-state index contributed by atoms with van der Waals surface area (Å²) in [7, 11) is 0. The Bertz CT molecular complexity index is 649. The van der Waals surface area contributed by atoms with Crippen LogP contribution in [0.25, 0.3) is 5.65 Å². The van der Waals surface area contributed by atoms with Gasteiger partial charge in [-0.1, -0.05) is 26.0 Å². The van der Waals surface area contributed by atoms with Gasteiger partial charge in [0.05, 0.1) is 11.5 Å². The highest BCUT2D eigenvalue weighted by Crippen LogP contribution is 2.32. The van der Waals surface area contributed by atoms with E-state index in [0.29, 0.717) is 12.8 Å². The van der Waals surface area contributed by atoms with Crippen molar-refractivity contribution >= 4 is 5.65 Å². The lowest BCUT2D eigenvalue weighted by molar-refractivity contribution is 0.565. The molecule has 0 radical (unpaired) electrons. The number of rotatable bonds is 5. The summed E-state index contributed by atoms with van der Waals surface area (Å²) in [6.07, 6.45) is 8.57. The number of nitrogens with zero attached hydrogens (tertiary/aromatic N) is 3. The van der Waals surface area contributed by atoms with Crippen LogP contribution in [0, 0.1) is 18.3 Å². The third-order valence-corrected chi connectivity index (χ3v) is 3.45. The number of pyridine rings is 1. The second kappa shape index (κ2) is 7.44. The summed E-state index contributed by atoms with van der Waals surface area (Å²) in [5, 5.41) is 9.60. The van der Waals surface area contributed by atoms with Crippen LogP contribution in [-0.4, -0.2) is 9.38 Å². The number of hydrogen-bond donors (Lipinski definition) is 0. The van der Waals surface area contributed by atoms with Gasteiger partial charge >= 0.3 is 0 Å². The molecule has 0 aromatic carbocycles. The van der Waals surface area contributed by atoms with E-state index in [-0.39, 0.29) is 0 Å². The molecule has 0 atom stereocenters. The zero-order valence-corrected chi connectivity index (χ0v) is 13.1. The third kappa shape index (κ3) is 3.22. The predicted octanol–water partition coefficient (Wildman–Crippen LogP) is 4.58. The molecule has 0 aliphatic carbocycles. The Hall–Kier alpha value is -2.34. The van der Waals surface area contributed by atoms with Gasteiger partial charge in [0, 0.05) is 18.1 Å². The maximum atomic E-state index is 9.60. The zero-order chi connectivity index (χ0) is 15.9. The number of hydrogen-bond acceptors (Lipinski definition) is 2. The number of aryl methyl sites for hydroxylation is 1. The monoisotopic (exact) mass is 281 g/mol. The standard InChI is InChI=1S/C16H17N3.C2H6/c1-4-7-16(12-17,8-5-2)14-6-9-19-13(3)11-18-15(19)10-14;1-2/h4-6,9-11H,1-2,7-8H2,3H3;1-2H3. The SMILES string of the molecule is C=CCC(C#N)(CC=C)c1ccn2c(C)cnc2c1.CC. The summed E-state index contributed by atoms with van der Waals surface area (Å²) >= 11 is 0. The summed E-state index contributed by atoms with van der Waals surface area (Å²) < 4.78 is 2.01. The topological polar surface area (TPSA) is 41.1 Å². The molecule has 0 N–H and O–H groups in total. The van der Waals surface area contributed by atoms with Crippen molar-refractivity contribution in [1.82, 2.24) is 9.38 Å². The van der Waals surface area contributed by atoms with Gasteiger partial charge in [-0.2, -0.15) is 5.26 Å². The van der Waals surface area contributed by atoms with Crippen LogP contribution in [-0.2, 0) is 5.41 Å². The fraction of sp³-hybridized carbons (Fsp3) is 0.333. The molecule has 0 unspecified atom stereocenters. The molecule has 0 saturated heterocycles. The van der Waals surface area contributed by atoms with Crippen LogP contribution >= 0.6 is 0 Å². The van der Waals surface area contributed by atoms with Crippen LogP contribution in [0.3, 0.4) is 0 Å². The molecule has 21 heavy (non-hydrogen) atoms. The van der Waals surface area contributed by atoms with Crippen LogP contribution in [0.1, 0.15) is 37.9 Å². The smallest absolute Gasteiger partial charge is 0.137 e. The Kier molecular flexibility index (Phi) is 5.92. The van der Waals surface area contributed by atoms with E-state index in [1.807, 2.05) is 49.7 Å². The van der Waals surface area contributed by atoms with Gasteiger partial charge in [0.2, 0.25) is 0 Å². The van der Waals surface area contributed by atoms with Crippen LogP contribution < -0.4 is 0 Å². The average molecular weight is 281 g/mol. The summed E-state index contributed by atoms with van der Waals surface area (Å²) in [6.45, 7) is 13.5. The molecule has 3 nitrogen and oxygen atoms in total. The van der Waals surface area contributed by atoms with Crippen molar-refractivity contribution in [2.75, 3.05) is 0 Å². The Morgan fingerprint density at radius 1 is 1.33 bits per heavy atom. The average Bonchev–Trinajstić information content (AvgIpc) is 2.90. The number of aromatic nitrogens is 2. The number of allylic oxidation sites excluding steroid dienone is 2. The van der Waals surface area contributed by atoms with Gasteiger partial charge in [-0.15, -0.1) is 13.2 Å². The van der Waals surface area contributed by atoms with Crippen molar-refractivity contribution in [3.8, 4) is 6.07 Å². The van der Waals surface area contributed by atoms with Crippen molar-refractivity contribution in [3.05, 3.63) is 61.1 Å². The molecule has 2 rings (SSSR count). The van der Waals surface area contributed by atoms with Crippen LogP contribution in [0.5, 0.6) is 0 Å². The molecule has 0 fully saturated rings. The first-order valence-electron chi connectivity index (χ1n) is 7.24. The van der Waals surface area contributed by atoms with E-state index in [2.05, 4.69) is 24.2 Å². The Morgan fingerprint density at radius 3 is 2.48 bits per heavy atom. The van der Waals surface area contributed by atoms with E-state index in [0.717, 1.165) is 16.9 Å². The minimum Gasteiger partial charge on any atom is -0.304 e. The van der Waals surface area contributed by atoms with E-state index < -0.39 is 5.41 Å². The largest absolute Gasteiger partial charge is 0.304 e. The lowest BCUT2D eigenvalue weighted by Gasteiger charge is -2.24. The minimum atomic E-state index is -0.592. The second-order valence-electron chi connectivity index (χ2n) is 4.72. The Morgan fingerprint density at radius 2 is 1.95 bits per heavy atom. The normalized spacial score (nSPS) is 10.4. The molecule has 110 valence electrons. The molecule has 0 aliphatic heterocycles. The lowest BCUT2D eigenvalue weighted by atomic mass is 9.76. The molecule has 0 spiro atoms. The van der Waals surface area contributed by atoms with E-state index >= 15 is 0 Å². The van der Waals surface area contributed by atoms with Gasteiger partial charge in [0.25, 0.3) is 0 Å². The first-order chi connectivity index (χ1) is 10.2. The van der Waals surface area contributed by atoms with Crippen molar-refractivity contribution in [3.63, 3.8) is 0 Å². The van der Waals surface area contributed by atoms with Crippen molar-refractivity contribution in [1.29, 1.82) is 5.26 Å². The minimum absolute atomic E-state index is 0.592. The third-order valence-electron chi connectivity index (χ3n) is 3.45. The van der Waals surface area contributed by atoms with Gasteiger partial charge in [-0.05, 0) is 37.5 Å². The molecule has 2 aromatic rings. The molecule has 0 amide bonds. The predicted molar refractivity (Wildman–Crippen MR) is 88.2 cm³/mol. The van der Waals surface area contributed by atoms with Gasteiger partial charge in [0.1, 0.15) is 5.65 Å². The zero-order valence-electron chi connectivity index (χ0n) is 13.1. The van der Waals surface area contributed by atoms with Crippen LogP contribution in [0.15, 0.2) is 49.8 Å². The molecular formula is C18H23N3. The molecule has 0 bridgehead atoms. The number of imidazole rings is 1. The molecular weight excluding hydrogens is 258 g/mol. The van der Waals surface area contributed by atoms with Crippen molar-refractivity contribution in [2.24, 2.45) is 0 Å². The van der Waals surface area contributed by atoms with E-state index in [4.69, 9.17) is 0 Å². The molecule has 2 aromatic heterocycles. The van der Waals surface area contributed by atoms with Crippen molar-refractivity contribution < 1.29 is 0 Å². The van der Waals surface area contributed by atoms with Gasteiger partial charge in [-0.3, -0.25) is 0 Å². The summed E-state index contributed by atoms with van der Waals surface area (Å²) in [4.78, 5) is 4.35.